The van der Waals surface area contributed by atoms with Crippen LogP contribution >= 0.6 is 0 Å². The van der Waals surface area contributed by atoms with Gasteiger partial charge in [0.05, 0.1) is 25.4 Å². The van der Waals surface area contributed by atoms with Gasteiger partial charge in [-0.25, -0.2) is 0 Å². The molecule has 2 unspecified atom stereocenters. The average molecular weight is 273 g/mol. The van der Waals surface area contributed by atoms with Crippen molar-refractivity contribution >= 4 is 11.8 Å². The van der Waals surface area contributed by atoms with Crippen LogP contribution in [0.15, 0.2) is 0 Å². The minimum absolute atomic E-state index is 0.0121. The Labute approximate surface area is 113 Å². The molecule has 1 rings (SSSR count). The molecule has 2 atom stereocenters. The second-order valence-corrected chi connectivity index (χ2v) is 4.78. The molecule has 1 aliphatic heterocycles. The molecule has 0 radical (unpaired) electrons. The van der Waals surface area contributed by atoms with E-state index in [4.69, 9.17) is 9.84 Å². The van der Waals surface area contributed by atoms with Crippen LogP contribution in [0.1, 0.15) is 13.8 Å². The normalized spacial score (nSPS) is 23.9. The number of hydrogen-bond acceptors (Lipinski definition) is 5. The van der Waals surface area contributed by atoms with Gasteiger partial charge in [-0.2, -0.15) is 0 Å². The minimum atomic E-state index is -0.226. The third-order valence-corrected chi connectivity index (χ3v) is 2.79. The molecular weight excluding hydrogens is 250 g/mol. The molecule has 7 heteroatoms. The summed E-state index contributed by atoms with van der Waals surface area (Å²) >= 11 is 0. The summed E-state index contributed by atoms with van der Waals surface area (Å²) in [6.07, 6.45) is -0.214. The Kier molecular flexibility index (Phi) is 6.75. The molecule has 1 fully saturated rings. The predicted molar refractivity (Wildman–Crippen MR) is 69.6 cm³/mol. The van der Waals surface area contributed by atoms with Crippen LogP contribution < -0.4 is 10.6 Å². The van der Waals surface area contributed by atoms with Gasteiger partial charge in [0.1, 0.15) is 0 Å². The number of nitrogens with one attached hydrogen (secondary N) is 2. The first-order valence-corrected chi connectivity index (χ1v) is 6.51. The quantitative estimate of drug-likeness (QED) is 0.503. The number of nitrogens with zero attached hydrogens (tertiary/aromatic N) is 1. The van der Waals surface area contributed by atoms with Gasteiger partial charge in [-0.1, -0.05) is 0 Å². The lowest BCUT2D eigenvalue weighted by Gasteiger charge is -2.35. The standard InChI is InChI=1S/C12H23N3O4/c1-9-5-15(6-11(8-16)19-9)7-12(18)14-4-3-13-10(2)17/h9,11,16H,3-8H2,1-2H3,(H,13,17)(H,14,18). The fourth-order valence-electron chi connectivity index (χ4n) is 2.07. The summed E-state index contributed by atoms with van der Waals surface area (Å²) in [4.78, 5) is 24.3. The van der Waals surface area contributed by atoms with Crippen molar-refractivity contribution < 1.29 is 19.4 Å². The van der Waals surface area contributed by atoms with E-state index < -0.39 is 0 Å². The maximum absolute atomic E-state index is 11.7. The van der Waals surface area contributed by atoms with E-state index >= 15 is 0 Å². The van der Waals surface area contributed by atoms with Gasteiger partial charge in [-0.3, -0.25) is 14.5 Å². The monoisotopic (exact) mass is 273 g/mol. The Morgan fingerprint density at radius 1 is 1.32 bits per heavy atom. The zero-order valence-corrected chi connectivity index (χ0v) is 11.5. The topological polar surface area (TPSA) is 90.9 Å². The Hall–Kier alpha value is -1.18. The van der Waals surface area contributed by atoms with E-state index in [0.29, 0.717) is 26.2 Å². The van der Waals surface area contributed by atoms with Crippen LogP contribution in [0.2, 0.25) is 0 Å². The van der Waals surface area contributed by atoms with E-state index in [1.165, 1.54) is 6.92 Å². The maximum atomic E-state index is 11.7. The number of aliphatic hydroxyl groups excluding tert-OH is 1. The number of ether oxygens (including phenoxy) is 1. The van der Waals surface area contributed by atoms with Crippen LogP contribution in [0.5, 0.6) is 0 Å². The summed E-state index contributed by atoms with van der Waals surface area (Å²) in [7, 11) is 0. The summed E-state index contributed by atoms with van der Waals surface area (Å²) in [6, 6.07) is 0. The van der Waals surface area contributed by atoms with E-state index in [9.17, 15) is 9.59 Å². The predicted octanol–water partition coefficient (Wildman–Crippen LogP) is -1.68. The lowest BCUT2D eigenvalue weighted by molar-refractivity contribution is -0.128. The van der Waals surface area contributed by atoms with Crippen LogP contribution in [-0.4, -0.2) is 73.4 Å². The summed E-state index contributed by atoms with van der Waals surface area (Å²) in [5.74, 6) is -0.196. The Morgan fingerprint density at radius 3 is 2.63 bits per heavy atom. The molecule has 19 heavy (non-hydrogen) atoms. The number of morpholine rings is 1. The van der Waals surface area contributed by atoms with Gasteiger partial charge in [-0.15, -0.1) is 0 Å². The van der Waals surface area contributed by atoms with Crippen LogP contribution in [0.3, 0.4) is 0 Å². The van der Waals surface area contributed by atoms with Gasteiger partial charge in [0.15, 0.2) is 0 Å². The second-order valence-electron chi connectivity index (χ2n) is 4.78. The summed E-state index contributed by atoms with van der Waals surface area (Å²) < 4.78 is 5.50. The summed E-state index contributed by atoms with van der Waals surface area (Å²) in [5.41, 5.74) is 0. The zero-order valence-electron chi connectivity index (χ0n) is 11.5. The summed E-state index contributed by atoms with van der Waals surface area (Å²) in [5, 5.41) is 14.4. The molecule has 0 bridgehead atoms. The van der Waals surface area contributed by atoms with Crippen molar-refractivity contribution in [3.63, 3.8) is 0 Å². The minimum Gasteiger partial charge on any atom is -0.394 e. The SMILES string of the molecule is CC(=O)NCCNC(=O)CN1CC(C)OC(CO)C1. The van der Waals surface area contributed by atoms with Crippen LogP contribution in [0, 0.1) is 0 Å². The van der Waals surface area contributed by atoms with Crippen LogP contribution in [0.25, 0.3) is 0 Å². The highest BCUT2D eigenvalue weighted by Crippen LogP contribution is 2.09. The molecule has 3 N–H and O–H groups in total. The smallest absolute Gasteiger partial charge is 0.234 e. The number of carbonyl (C=O) groups excluding carboxylic acids is 2. The highest BCUT2D eigenvalue weighted by molar-refractivity contribution is 5.78. The summed E-state index contributed by atoms with van der Waals surface area (Å²) in [6.45, 7) is 5.68. The largest absolute Gasteiger partial charge is 0.394 e. The molecule has 110 valence electrons. The Morgan fingerprint density at radius 2 is 2.00 bits per heavy atom. The highest BCUT2D eigenvalue weighted by atomic mass is 16.5. The van der Waals surface area contributed by atoms with Gasteiger partial charge in [0.2, 0.25) is 11.8 Å². The van der Waals surface area contributed by atoms with Crippen molar-refractivity contribution in [2.75, 3.05) is 39.3 Å². The molecule has 0 spiro atoms. The van der Waals surface area contributed by atoms with E-state index in [2.05, 4.69) is 10.6 Å². The highest BCUT2D eigenvalue weighted by Gasteiger charge is 2.25. The van der Waals surface area contributed by atoms with Gasteiger partial charge < -0.3 is 20.5 Å². The van der Waals surface area contributed by atoms with Crippen molar-refractivity contribution in [1.29, 1.82) is 0 Å². The van der Waals surface area contributed by atoms with Crippen LogP contribution in [-0.2, 0) is 14.3 Å². The number of amides is 2. The second kappa shape index (κ2) is 8.08. The molecule has 0 aromatic heterocycles. The number of hydrogen-bond donors (Lipinski definition) is 3. The fraction of sp³-hybridized carbons (Fsp3) is 0.833. The van der Waals surface area contributed by atoms with E-state index in [0.717, 1.165) is 0 Å². The fourth-order valence-corrected chi connectivity index (χ4v) is 2.07. The van der Waals surface area contributed by atoms with Crippen molar-refractivity contribution in [3.05, 3.63) is 0 Å². The molecule has 2 amide bonds. The van der Waals surface area contributed by atoms with Crippen LogP contribution in [0.4, 0.5) is 0 Å². The van der Waals surface area contributed by atoms with Crippen molar-refractivity contribution in [2.45, 2.75) is 26.1 Å². The lowest BCUT2D eigenvalue weighted by atomic mass is 10.2. The van der Waals surface area contributed by atoms with Crippen molar-refractivity contribution in [1.82, 2.24) is 15.5 Å². The number of rotatable bonds is 6. The molecule has 1 aliphatic rings. The van der Waals surface area contributed by atoms with E-state index in [1.807, 2.05) is 11.8 Å². The number of carbonyl (C=O) groups is 2. The van der Waals surface area contributed by atoms with Crippen molar-refractivity contribution in [3.8, 4) is 0 Å². The molecule has 0 saturated carbocycles. The molecule has 1 saturated heterocycles. The van der Waals surface area contributed by atoms with E-state index in [-0.39, 0.29) is 37.2 Å². The third-order valence-electron chi connectivity index (χ3n) is 2.79. The first-order valence-electron chi connectivity index (χ1n) is 6.51. The first kappa shape index (κ1) is 15.9. The molecule has 0 aliphatic carbocycles. The zero-order chi connectivity index (χ0) is 14.3. The first-order chi connectivity index (χ1) is 9.01. The van der Waals surface area contributed by atoms with Gasteiger partial charge in [0, 0.05) is 33.1 Å². The van der Waals surface area contributed by atoms with Crippen molar-refractivity contribution in [2.24, 2.45) is 0 Å². The average Bonchev–Trinajstić information content (AvgIpc) is 2.33. The van der Waals surface area contributed by atoms with E-state index in [1.54, 1.807) is 0 Å². The lowest BCUT2D eigenvalue weighted by Crippen LogP contribution is -2.51. The molecule has 0 aromatic carbocycles. The molecular formula is C12H23N3O4. The molecule has 0 aromatic rings. The Balaban J connectivity index is 2.22. The molecule has 7 nitrogen and oxygen atoms in total. The van der Waals surface area contributed by atoms with Gasteiger partial charge in [0.25, 0.3) is 0 Å². The van der Waals surface area contributed by atoms with Gasteiger partial charge >= 0.3 is 0 Å². The maximum Gasteiger partial charge on any atom is 0.234 e. The Bertz CT molecular complexity index is 311. The number of aliphatic hydroxyl groups is 1. The third kappa shape index (κ3) is 6.51. The van der Waals surface area contributed by atoms with Gasteiger partial charge in [-0.05, 0) is 6.92 Å². The molecule has 1 heterocycles.